The summed E-state index contributed by atoms with van der Waals surface area (Å²) in [5, 5.41) is 11.4. The maximum atomic E-state index is 13.8. The third kappa shape index (κ3) is 3.62. The molecule has 1 amide bonds. The van der Waals surface area contributed by atoms with E-state index in [0.29, 0.717) is 5.69 Å². The molecule has 112 valence electrons. The molecule has 1 saturated carbocycles. The van der Waals surface area contributed by atoms with Crippen LogP contribution in [-0.2, 0) is 4.79 Å². The molecule has 21 heavy (non-hydrogen) atoms. The van der Waals surface area contributed by atoms with E-state index in [0.717, 1.165) is 19.3 Å². The Hall–Kier alpha value is -1.86. The van der Waals surface area contributed by atoms with Gasteiger partial charge in [0.05, 0.1) is 5.56 Å². The number of carbonyl (C=O) groups excluding carboxylic acids is 1. The summed E-state index contributed by atoms with van der Waals surface area (Å²) in [5.74, 6) is 4.34. The summed E-state index contributed by atoms with van der Waals surface area (Å²) in [5.41, 5.74) is 0.646. The summed E-state index contributed by atoms with van der Waals surface area (Å²) >= 11 is 0. The van der Waals surface area contributed by atoms with Crippen LogP contribution in [0.2, 0.25) is 0 Å². The number of nitrogens with one attached hydrogen (secondary N) is 1. The Morgan fingerprint density at radius 3 is 2.86 bits per heavy atom. The zero-order valence-corrected chi connectivity index (χ0v) is 12.4. The lowest BCUT2D eigenvalue weighted by Crippen LogP contribution is -2.30. The van der Waals surface area contributed by atoms with E-state index < -0.39 is 5.82 Å². The molecule has 0 aliphatic heterocycles. The number of anilines is 1. The second-order valence-electron chi connectivity index (χ2n) is 6.08. The number of hydrogen-bond acceptors (Lipinski definition) is 2. The Morgan fingerprint density at radius 1 is 1.52 bits per heavy atom. The minimum Gasteiger partial charge on any atom is -0.384 e. The van der Waals surface area contributed by atoms with E-state index in [9.17, 15) is 9.18 Å². The Labute approximate surface area is 124 Å². The Kier molecular flexibility index (Phi) is 4.64. The predicted molar refractivity (Wildman–Crippen MR) is 80.1 cm³/mol. The van der Waals surface area contributed by atoms with Gasteiger partial charge in [0.25, 0.3) is 0 Å². The lowest BCUT2D eigenvalue weighted by atomic mass is 9.81. The number of aliphatic hydroxyl groups is 1. The molecule has 1 aliphatic rings. The van der Waals surface area contributed by atoms with Crippen LogP contribution in [0.5, 0.6) is 0 Å². The van der Waals surface area contributed by atoms with Crippen LogP contribution in [0, 0.1) is 29.0 Å². The molecular formula is C17H20FNO2. The van der Waals surface area contributed by atoms with E-state index in [-0.39, 0.29) is 29.4 Å². The Morgan fingerprint density at radius 2 is 2.29 bits per heavy atom. The van der Waals surface area contributed by atoms with Crippen LogP contribution in [0.4, 0.5) is 10.1 Å². The van der Waals surface area contributed by atoms with E-state index in [4.69, 9.17) is 5.11 Å². The molecule has 0 heterocycles. The number of benzene rings is 1. The van der Waals surface area contributed by atoms with Crippen molar-refractivity contribution in [2.45, 2.75) is 33.1 Å². The number of amides is 1. The van der Waals surface area contributed by atoms with Gasteiger partial charge >= 0.3 is 0 Å². The van der Waals surface area contributed by atoms with Crippen molar-refractivity contribution in [2.75, 3.05) is 11.9 Å². The van der Waals surface area contributed by atoms with Gasteiger partial charge in [-0.25, -0.2) is 4.39 Å². The van der Waals surface area contributed by atoms with Gasteiger partial charge in [-0.15, -0.1) is 0 Å². The van der Waals surface area contributed by atoms with Crippen LogP contribution in [0.1, 0.15) is 38.7 Å². The van der Waals surface area contributed by atoms with Crippen LogP contribution < -0.4 is 5.32 Å². The topological polar surface area (TPSA) is 49.3 Å². The van der Waals surface area contributed by atoms with Crippen LogP contribution in [0.25, 0.3) is 0 Å². The summed E-state index contributed by atoms with van der Waals surface area (Å²) in [6.07, 6.45) is 2.96. The number of rotatable bonds is 2. The summed E-state index contributed by atoms with van der Waals surface area (Å²) in [6.45, 7) is 3.88. The van der Waals surface area contributed by atoms with Crippen molar-refractivity contribution in [3.63, 3.8) is 0 Å². The molecular weight excluding hydrogens is 269 g/mol. The molecule has 0 bridgehead atoms. The summed E-state index contributed by atoms with van der Waals surface area (Å²) < 4.78 is 13.8. The molecule has 1 fully saturated rings. The number of aliphatic hydroxyl groups excluding tert-OH is 1. The lowest BCUT2D eigenvalue weighted by Gasteiger charge is -2.25. The van der Waals surface area contributed by atoms with E-state index in [1.165, 1.54) is 12.1 Å². The van der Waals surface area contributed by atoms with Gasteiger partial charge in [0.2, 0.25) is 5.91 Å². The van der Waals surface area contributed by atoms with E-state index >= 15 is 0 Å². The molecule has 1 unspecified atom stereocenters. The monoisotopic (exact) mass is 289 g/mol. The number of carbonyl (C=O) groups is 1. The van der Waals surface area contributed by atoms with E-state index in [1.54, 1.807) is 6.07 Å². The second kappa shape index (κ2) is 6.28. The Balaban J connectivity index is 2.10. The lowest BCUT2D eigenvalue weighted by molar-refractivity contribution is -0.122. The maximum absolute atomic E-state index is 13.8. The third-order valence-corrected chi connectivity index (χ3v) is 4.11. The molecule has 1 atom stereocenters. The predicted octanol–water partition coefficient (Wildman–Crippen LogP) is 2.93. The molecule has 0 radical (unpaired) electrons. The summed E-state index contributed by atoms with van der Waals surface area (Å²) in [7, 11) is 0. The third-order valence-electron chi connectivity index (χ3n) is 4.11. The first-order chi connectivity index (χ1) is 9.94. The van der Waals surface area contributed by atoms with Gasteiger partial charge in [-0.05, 0) is 36.5 Å². The first kappa shape index (κ1) is 15.5. The second-order valence-corrected chi connectivity index (χ2v) is 6.08. The van der Waals surface area contributed by atoms with Crippen molar-refractivity contribution >= 4 is 11.6 Å². The normalized spacial score (nSPS) is 19.7. The van der Waals surface area contributed by atoms with Gasteiger partial charge in [-0.1, -0.05) is 32.1 Å². The van der Waals surface area contributed by atoms with Gasteiger partial charge in [0, 0.05) is 11.6 Å². The molecule has 0 aromatic heterocycles. The SMILES string of the molecule is CC1(C)CCCC1C(=O)Nc1ccc(C#CCO)c(F)c1. The number of halogens is 1. The van der Waals surface area contributed by atoms with Crippen molar-refractivity contribution in [3.05, 3.63) is 29.6 Å². The number of hydrogen-bond donors (Lipinski definition) is 2. The molecule has 3 nitrogen and oxygen atoms in total. The first-order valence-electron chi connectivity index (χ1n) is 7.14. The van der Waals surface area contributed by atoms with Crippen LogP contribution in [-0.4, -0.2) is 17.6 Å². The van der Waals surface area contributed by atoms with E-state index in [1.807, 2.05) is 0 Å². The zero-order chi connectivity index (χ0) is 15.5. The van der Waals surface area contributed by atoms with Crippen molar-refractivity contribution < 1.29 is 14.3 Å². The smallest absolute Gasteiger partial charge is 0.228 e. The molecule has 1 aliphatic carbocycles. The molecule has 2 rings (SSSR count). The van der Waals surface area contributed by atoms with Gasteiger partial charge in [0.15, 0.2) is 0 Å². The summed E-state index contributed by atoms with van der Waals surface area (Å²) in [6, 6.07) is 4.40. The average Bonchev–Trinajstić information content (AvgIpc) is 2.77. The zero-order valence-electron chi connectivity index (χ0n) is 12.4. The van der Waals surface area contributed by atoms with Crippen molar-refractivity contribution in [1.82, 2.24) is 0 Å². The standard InChI is InChI=1S/C17H20FNO2/c1-17(2)9-3-6-14(17)16(21)19-13-8-7-12(5-4-10-20)15(18)11-13/h7-8,11,14,20H,3,6,9-10H2,1-2H3,(H,19,21). The average molecular weight is 289 g/mol. The quantitative estimate of drug-likeness (QED) is 0.822. The fraction of sp³-hybridized carbons (Fsp3) is 0.471. The minimum atomic E-state index is -0.501. The van der Waals surface area contributed by atoms with Crippen LogP contribution in [0.3, 0.4) is 0 Å². The fourth-order valence-corrected chi connectivity index (χ4v) is 2.87. The highest BCUT2D eigenvalue weighted by Gasteiger charge is 2.39. The largest absolute Gasteiger partial charge is 0.384 e. The van der Waals surface area contributed by atoms with Crippen LogP contribution >= 0.6 is 0 Å². The van der Waals surface area contributed by atoms with Crippen molar-refractivity contribution in [2.24, 2.45) is 11.3 Å². The molecule has 1 aromatic rings. The highest BCUT2D eigenvalue weighted by atomic mass is 19.1. The van der Waals surface area contributed by atoms with Gasteiger partial charge < -0.3 is 10.4 Å². The molecule has 2 N–H and O–H groups in total. The van der Waals surface area contributed by atoms with Crippen LogP contribution in [0.15, 0.2) is 18.2 Å². The maximum Gasteiger partial charge on any atom is 0.228 e. The van der Waals surface area contributed by atoms with Gasteiger partial charge in [-0.3, -0.25) is 4.79 Å². The van der Waals surface area contributed by atoms with Crippen molar-refractivity contribution in [3.8, 4) is 11.8 Å². The van der Waals surface area contributed by atoms with Gasteiger partial charge in [-0.2, -0.15) is 0 Å². The fourth-order valence-electron chi connectivity index (χ4n) is 2.87. The highest BCUT2D eigenvalue weighted by Crippen LogP contribution is 2.43. The Bertz CT molecular complexity index is 599. The molecule has 1 aromatic carbocycles. The molecule has 0 saturated heterocycles. The molecule has 0 spiro atoms. The highest BCUT2D eigenvalue weighted by molar-refractivity contribution is 5.93. The van der Waals surface area contributed by atoms with Gasteiger partial charge in [0.1, 0.15) is 12.4 Å². The summed E-state index contributed by atoms with van der Waals surface area (Å²) in [4.78, 5) is 12.3. The van der Waals surface area contributed by atoms with E-state index in [2.05, 4.69) is 31.0 Å². The van der Waals surface area contributed by atoms with Crippen molar-refractivity contribution in [1.29, 1.82) is 0 Å². The minimum absolute atomic E-state index is 0.00479. The molecule has 4 heteroatoms. The first-order valence-corrected chi connectivity index (χ1v) is 7.14.